The number of hydrogen-bond donors (Lipinski definition) is 1. The molecule has 3 heterocycles. The zero-order valence-corrected chi connectivity index (χ0v) is 14.6. The van der Waals surface area contributed by atoms with Crippen LogP contribution in [-0.4, -0.2) is 34.3 Å². The van der Waals surface area contributed by atoms with Gasteiger partial charge in [-0.15, -0.1) is 0 Å². The molecule has 0 saturated carbocycles. The summed E-state index contributed by atoms with van der Waals surface area (Å²) in [7, 11) is 1.87. The maximum atomic E-state index is 6.31. The number of halogens is 1. The number of rotatable bonds is 6. The maximum Gasteiger partial charge on any atom is 0.131 e. The second-order valence-electron chi connectivity index (χ2n) is 6.24. The standard InChI is InChI=1S/C17H25ClN4O/c1-13-14(17(18)21(2)20-13)11-19-12-15(16-7-6-10-23-16)22-8-4-3-5-9-22/h6-7,10,15,19H,3-5,8-9,11-12H2,1-2H3. The highest BCUT2D eigenvalue weighted by Crippen LogP contribution is 2.25. The first-order chi connectivity index (χ1) is 11.2. The van der Waals surface area contributed by atoms with E-state index in [-0.39, 0.29) is 6.04 Å². The smallest absolute Gasteiger partial charge is 0.131 e. The molecule has 0 bridgehead atoms. The third-order valence-electron chi connectivity index (χ3n) is 4.61. The van der Waals surface area contributed by atoms with Crippen molar-refractivity contribution in [2.75, 3.05) is 19.6 Å². The van der Waals surface area contributed by atoms with Gasteiger partial charge in [0.1, 0.15) is 10.9 Å². The molecule has 1 unspecified atom stereocenters. The lowest BCUT2D eigenvalue weighted by atomic mass is 10.1. The van der Waals surface area contributed by atoms with E-state index in [1.165, 1.54) is 19.3 Å². The van der Waals surface area contributed by atoms with Gasteiger partial charge in [0.2, 0.25) is 0 Å². The van der Waals surface area contributed by atoms with Crippen molar-refractivity contribution < 1.29 is 4.42 Å². The van der Waals surface area contributed by atoms with Crippen LogP contribution in [0.4, 0.5) is 0 Å². The van der Waals surface area contributed by atoms with E-state index < -0.39 is 0 Å². The average molecular weight is 337 g/mol. The Kier molecular flexibility index (Phi) is 5.41. The van der Waals surface area contributed by atoms with Crippen LogP contribution in [0.1, 0.15) is 42.3 Å². The zero-order valence-electron chi connectivity index (χ0n) is 13.9. The molecule has 1 fully saturated rings. The van der Waals surface area contributed by atoms with Crippen molar-refractivity contribution in [2.45, 2.75) is 38.8 Å². The Morgan fingerprint density at radius 3 is 2.74 bits per heavy atom. The SMILES string of the molecule is Cc1nn(C)c(Cl)c1CNCC(c1ccco1)N1CCCCC1. The maximum absolute atomic E-state index is 6.31. The molecule has 1 N–H and O–H groups in total. The summed E-state index contributed by atoms with van der Waals surface area (Å²) in [6.45, 7) is 5.85. The van der Waals surface area contributed by atoms with Gasteiger partial charge in [-0.05, 0) is 45.0 Å². The number of furan rings is 1. The van der Waals surface area contributed by atoms with Gasteiger partial charge in [-0.1, -0.05) is 18.0 Å². The summed E-state index contributed by atoms with van der Waals surface area (Å²) in [4.78, 5) is 2.52. The first-order valence-corrected chi connectivity index (χ1v) is 8.70. The van der Waals surface area contributed by atoms with Crippen molar-refractivity contribution in [1.82, 2.24) is 20.0 Å². The third kappa shape index (κ3) is 3.79. The molecule has 2 aromatic rings. The van der Waals surface area contributed by atoms with Crippen molar-refractivity contribution in [3.63, 3.8) is 0 Å². The summed E-state index contributed by atoms with van der Waals surface area (Å²) in [5.74, 6) is 1.04. The molecule has 5 nitrogen and oxygen atoms in total. The molecule has 2 aromatic heterocycles. The van der Waals surface area contributed by atoms with E-state index in [1.807, 2.05) is 20.0 Å². The van der Waals surface area contributed by atoms with Crippen molar-refractivity contribution in [3.05, 3.63) is 40.6 Å². The number of aromatic nitrogens is 2. The summed E-state index contributed by atoms with van der Waals surface area (Å²) in [5, 5.41) is 8.62. The normalized spacial score (nSPS) is 17.5. The molecular formula is C17H25ClN4O. The number of nitrogens with one attached hydrogen (secondary N) is 1. The lowest BCUT2D eigenvalue weighted by Gasteiger charge is -2.33. The predicted octanol–water partition coefficient (Wildman–Crippen LogP) is 3.29. The number of nitrogens with zero attached hydrogens (tertiary/aromatic N) is 3. The van der Waals surface area contributed by atoms with Gasteiger partial charge in [-0.2, -0.15) is 5.10 Å². The second kappa shape index (κ2) is 7.51. The predicted molar refractivity (Wildman–Crippen MR) is 91.5 cm³/mol. The van der Waals surface area contributed by atoms with Gasteiger partial charge in [0.05, 0.1) is 18.0 Å². The molecule has 23 heavy (non-hydrogen) atoms. The summed E-state index contributed by atoms with van der Waals surface area (Å²) in [6, 6.07) is 4.32. The second-order valence-corrected chi connectivity index (χ2v) is 6.60. The fraction of sp³-hybridized carbons (Fsp3) is 0.588. The first kappa shape index (κ1) is 16.6. The van der Waals surface area contributed by atoms with Crippen LogP contribution in [0.5, 0.6) is 0 Å². The average Bonchev–Trinajstić information content (AvgIpc) is 3.16. The van der Waals surface area contributed by atoms with Crippen molar-refractivity contribution in [2.24, 2.45) is 7.05 Å². The van der Waals surface area contributed by atoms with Crippen LogP contribution in [0.3, 0.4) is 0 Å². The van der Waals surface area contributed by atoms with E-state index in [4.69, 9.17) is 16.0 Å². The largest absolute Gasteiger partial charge is 0.468 e. The summed E-state index contributed by atoms with van der Waals surface area (Å²) in [6.07, 6.45) is 5.63. The number of piperidine rings is 1. The van der Waals surface area contributed by atoms with Crippen LogP contribution < -0.4 is 5.32 Å². The van der Waals surface area contributed by atoms with Gasteiger partial charge in [0.15, 0.2) is 0 Å². The van der Waals surface area contributed by atoms with E-state index in [0.29, 0.717) is 5.15 Å². The van der Waals surface area contributed by atoms with Crippen molar-refractivity contribution in [3.8, 4) is 0 Å². The lowest BCUT2D eigenvalue weighted by molar-refractivity contribution is 0.142. The molecule has 0 spiro atoms. The first-order valence-electron chi connectivity index (χ1n) is 8.33. The summed E-state index contributed by atoms with van der Waals surface area (Å²) >= 11 is 6.31. The molecule has 1 aliphatic rings. The van der Waals surface area contributed by atoms with Gasteiger partial charge in [-0.3, -0.25) is 9.58 Å². The van der Waals surface area contributed by atoms with Gasteiger partial charge in [0.25, 0.3) is 0 Å². The van der Waals surface area contributed by atoms with Gasteiger partial charge < -0.3 is 9.73 Å². The Bertz CT molecular complexity index is 617. The van der Waals surface area contributed by atoms with Crippen LogP contribution in [0.15, 0.2) is 22.8 Å². The molecule has 0 aromatic carbocycles. The minimum Gasteiger partial charge on any atom is -0.468 e. The fourth-order valence-corrected chi connectivity index (χ4v) is 3.57. The minimum absolute atomic E-state index is 0.279. The van der Waals surface area contributed by atoms with E-state index >= 15 is 0 Å². The van der Waals surface area contributed by atoms with Crippen molar-refractivity contribution >= 4 is 11.6 Å². The van der Waals surface area contributed by atoms with Crippen molar-refractivity contribution in [1.29, 1.82) is 0 Å². The number of likely N-dealkylation sites (tertiary alicyclic amines) is 1. The molecule has 1 aliphatic heterocycles. The molecule has 0 radical (unpaired) electrons. The van der Waals surface area contributed by atoms with Crippen LogP contribution >= 0.6 is 11.6 Å². The minimum atomic E-state index is 0.279. The number of aryl methyl sites for hydroxylation is 2. The third-order valence-corrected chi connectivity index (χ3v) is 5.09. The van der Waals surface area contributed by atoms with E-state index in [9.17, 15) is 0 Å². The molecule has 1 atom stereocenters. The van der Waals surface area contributed by atoms with Crippen LogP contribution in [0, 0.1) is 6.92 Å². The molecule has 6 heteroatoms. The molecule has 0 amide bonds. The Labute approximate surface area is 142 Å². The topological polar surface area (TPSA) is 46.2 Å². The Morgan fingerprint density at radius 1 is 1.35 bits per heavy atom. The summed E-state index contributed by atoms with van der Waals surface area (Å²) in [5.41, 5.74) is 2.06. The molecular weight excluding hydrogens is 312 g/mol. The van der Waals surface area contributed by atoms with Gasteiger partial charge in [-0.25, -0.2) is 0 Å². The van der Waals surface area contributed by atoms with Crippen LogP contribution in [0.2, 0.25) is 5.15 Å². The Balaban J connectivity index is 1.64. The highest BCUT2D eigenvalue weighted by Gasteiger charge is 2.24. The van der Waals surface area contributed by atoms with Crippen LogP contribution in [0.25, 0.3) is 0 Å². The van der Waals surface area contributed by atoms with Gasteiger partial charge >= 0.3 is 0 Å². The van der Waals surface area contributed by atoms with Gasteiger partial charge in [0, 0.05) is 25.7 Å². The highest BCUT2D eigenvalue weighted by atomic mass is 35.5. The van der Waals surface area contributed by atoms with Crippen LogP contribution in [-0.2, 0) is 13.6 Å². The van der Waals surface area contributed by atoms with E-state index in [2.05, 4.69) is 21.4 Å². The zero-order chi connectivity index (χ0) is 16.2. The Hall–Kier alpha value is -1.30. The monoisotopic (exact) mass is 336 g/mol. The van der Waals surface area contributed by atoms with E-state index in [0.717, 1.165) is 43.2 Å². The number of hydrogen-bond acceptors (Lipinski definition) is 4. The molecule has 3 rings (SSSR count). The summed E-state index contributed by atoms with van der Waals surface area (Å²) < 4.78 is 7.40. The fourth-order valence-electron chi connectivity index (χ4n) is 3.33. The highest BCUT2D eigenvalue weighted by molar-refractivity contribution is 6.30. The lowest BCUT2D eigenvalue weighted by Crippen LogP contribution is -2.38. The van der Waals surface area contributed by atoms with E-state index in [1.54, 1.807) is 10.9 Å². The molecule has 126 valence electrons. The molecule has 1 saturated heterocycles. The quantitative estimate of drug-likeness (QED) is 0.879. The molecule has 0 aliphatic carbocycles. The Morgan fingerprint density at radius 2 is 2.13 bits per heavy atom.